The Balaban J connectivity index is 2.08. The number of rotatable bonds is 3. The Kier molecular flexibility index (Phi) is 3.64. The molecule has 4 heteroatoms. The van der Waals surface area contributed by atoms with E-state index >= 15 is 0 Å². The second-order valence-corrected chi connectivity index (χ2v) is 4.43. The van der Waals surface area contributed by atoms with Crippen LogP contribution in [0.2, 0.25) is 0 Å². The molecule has 0 bridgehead atoms. The molecule has 0 aliphatic carbocycles. The molecule has 0 spiro atoms. The summed E-state index contributed by atoms with van der Waals surface area (Å²) in [6, 6.07) is 7.89. The van der Waals surface area contributed by atoms with Crippen LogP contribution < -0.4 is 0 Å². The molecule has 0 aliphatic rings. The first kappa shape index (κ1) is 11.2. The third-order valence-corrected chi connectivity index (χ3v) is 2.84. The van der Waals surface area contributed by atoms with E-state index in [-0.39, 0.29) is 0 Å². The van der Waals surface area contributed by atoms with Gasteiger partial charge in [0.2, 0.25) is 0 Å². The Hall–Kier alpha value is -1.26. The van der Waals surface area contributed by atoms with Crippen molar-refractivity contribution in [2.45, 2.75) is 12.5 Å². The fraction of sp³-hybridized carbons (Fsp3) is 0.167. The maximum Gasteiger partial charge on any atom is 0.115 e. The third-order valence-electron chi connectivity index (χ3n) is 2.31. The van der Waals surface area contributed by atoms with E-state index in [1.807, 2.05) is 24.3 Å². The SMILES string of the molecule is OC(Cc1ccc(Br)cc1)c1cncnc1. The highest BCUT2D eigenvalue weighted by Crippen LogP contribution is 2.18. The quantitative estimate of drug-likeness (QED) is 0.939. The number of halogens is 1. The molecule has 1 heterocycles. The Morgan fingerprint density at radius 2 is 1.75 bits per heavy atom. The van der Waals surface area contributed by atoms with E-state index in [1.54, 1.807) is 12.4 Å². The van der Waals surface area contributed by atoms with E-state index in [1.165, 1.54) is 6.33 Å². The summed E-state index contributed by atoms with van der Waals surface area (Å²) in [4.78, 5) is 7.77. The van der Waals surface area contributed by atoms with E-state index < -0.39 is 6.10 Å². The first-order valence-corrected chi connectivity index (χ1v) is 5.72. The van der Waals surface area contributed by atoms with Crippen molar-refractivity contribution in [1.82, 2.24) is 9.97 Å². The molecule has 16 heavy (non-hydrogen) atoms. The van der Waals surface area contributed by atoms with E-state index in [9.17, 15) is 5.11 Å². The smallest absolute Gasteiger partial charge is 0.115 e. The average molecular weight is 279 g/mol. The van der Waals surface area contributed by atoms with Crippen LogP contribution in [0.1, 0.15) is 17.2 Å². The zero-order valence-electron chi connectivity index (χ0n) is 8.55. The van der Waals surface area contributed by atoms with E-state index in [0.717, 1.165) is 15.6 Å². The zero-order valence-corrected chi connectivity index (χ0v) is 10.1. The number of aliphatic hydroxyl groups excluding tert-OH is 1. The summed E-state index contributed by atoms with van der Waals surface area (Å²) in [6.45, 7) is 0. The van der Waals surface area contributed by atoms with Gasteiger partial charge in [-0.15, -0.1) is 0 Å². The second kappa shape index (κ2) is 5.18. The fourth-order valence-corrected chi connectivity index (χ4v) is 1.71. The highest BCUT2D eigenvalue weighted by Gasteiger charge is 2.08. The van der Waals surface area contributed by atoms with Crippen LogP contribution in [-0.4, -0.2) is 15.1 Å². The molecule has 2 aromatic rings. The van der Waals surface area contributed by atoms with Gasteiger partial charge in [-0.1, -0.05) is 28.1 Å². The number of aliphatic hydroxyl groups is 1. The lowest BCUT2D eigenvalue weighted by molar-refractivity contribution is 0.177. The summed E-state index contributed by atoms with van der Waals surface area (Å²) in [7, 11) is 0. The maximum atomic E-state index is 9.95. The van der Waals surface area contributed by atoms with E-state index in [0.29, 0.717) is 6.42 Å². The lowest BCUT2D eigenvalue weighted by Gasteiger charge is -2.09. The molecule has 1 aromatic carbocycles. The molecular formula is C12H11BrN2O. The van der Waals surface area contributed by atoms with Gasteiger partial charge in [-0.25, -0.2) is 9.97 Å². The Bertz CT molecular complexity index is 444. The van der Waals surface area contributed by atoms with Crippen molar-refractivity contribution in [3.63, 3.8) is 0 Å². The van der Waals surface area contributed by atoms with Gasteiger partial charge in [0.05, 0.1) is 6.10 Å². The largest absolute Gasteiger partial charge is 0.388 e. The van der Waals surface area contributed by atoms with Crippen LogP contribution >= 0.6 is 15.9 Å². The normalized spacial score (nSPS) is 12.4. The van der Waals surface area contributed by atoms with Gasteiger partial charge in [-0.3, -0.25) is 0 Å². The zero-order chi connectivity index (χ0) is 11.4. The predicted octanol–water partition coefficient (Wildman–Crippen LogP) is 2.52. The number of hydrogen-bond acceptors (Lipinski definition) is 3. The average Bonchev–Trinajstić information content (AvgIpc) is 2.33. The van der Waals surface area contributed by atoms with Crippen LogP contribution in [0.25, 0.3) is 0 Å². The summed E-state index contributed by atoms with van der Waals surface area (Å²) in [6.07, 6.45) is 4.74. The Morgan fingerprint density at radius 3 is 2.38 bits per heavy atom. The minimum Gasteiger partial charge on any atom is -0.388 e. The van der Waals surface area contributed by atoms with Gasteiger partial charge in [0.25, 0.3) is 0 Å². The van der Waals surface area contributed by atoms with Crippen LogP contribution in [0.5, 0.6) is 0 Å². The van der Waals surface area contributed by atoms with Gasteiger partial charge in [-0.2, -0.15) is 0 Å². The number of hydrogen-bond donors (Lipinski definition) is 1. The van der Waals surface area contributed by atoms with Gasteiger partial charge >= 0.3 is 0 Å². The van der Waals surface area contributed by atoms with E-state index in [2.05, 4.69) is 25.9 Å². The molecule has 1 unspecified atom stereocenters. The minimum absolute atomic E-state index is 0.553. The van der Waals surface area contributed by atoms with Crippen molar-refractivity contribution >= 4 is 15.9 Å². The second-order valence-electron chi connectivity index (χ2n) is 3.52. The van der Waals surface area contributed by atoms with Gasteiger partial charge in [-0.05, 0) is 17.7 Å². The van der Waals surface area contributed by atoms with Gasteiger partial charge in [0.1, 0.15) is 6.33 Å². The molecule has 0 amide bonds. The van der Waals surface area contributed by atoms with Crippen LogP contribution in [0, 0.1) is 0 Å². The highest BCUT2D eigenvalue weighted by molar-refractivity contribution is 9.10. The third kappa shape index (κ3) is 2.87. The van der Waals surface area contributed by atoms with Crippen molar-refractivity contribution < 1.29 is 5.11 Å². The lowest BCUT2D eigenvalue weighted by atomic mass is 10.0. The topological polar surface area (TPSA) is 46.0 Å². The van der Waals surface area contributed by atoms with Gasteiger partial charge < -0.3 is 5.11 Å². The molecular weight excluding hydrogens is 268 g/mol. The summed E-state index contributed by atoms with van der Waals surface area (Å²) in [5.41, 5.74) is 1.82. The van der Waals surface area contributed by atoms with Crippen molar-refractivity contribution in [3.05, 3.63) is 58.6 Å². The predicted molar refractivity (Wildman–Crippen MR) is 64.8 cm³/mol. The standard InChI is InChI=1S/C12H11BrN2O/c13-11-3-1-9(2-4-11)5-12(16)10-6-14-8-15-7-10/h1-4,6-8,12,16H,5H2. The molecule has 0 aliphatic heterocycles. The van der Waals surface area contributed by atoms with Crippen molar-refractivity contribution in [2.24, 2.45) is 0 Å². The fourth-order valence-electron chi connectivity index (χ4n) is 1.44. The van der Waals surface area contributed by atoms with Gasteiger partial charge in [0.15, 0.2) is 0 Å². The number of benzene rings is 1. The molecule has 0 saturated heterocycles. The van der Waals surface area contributed by atoms with Crippen LogP contribution in [-0.2, 0) is 6.42 Å². The summed E-state index contributed by atoms with van der Waals surface area (Å²) in [5, 5.41) is 9.95. The Labute approximate surface area is 102 Å². The molecule has 0 radical (unpaired) electrons. The molecule has 1 atom stereocenters. The number of nitrogens with zero attached hydrogens (tertiary/aromatic N) is 2. The van der Waals surface area contributed by atoms with Crippen LogP contribution in [0.4, 0.5) is 0 Å². The summed E-state index contributed by atoms with van der Waals surface area (Å²) < 4.78 is 1.04. The number of aromatic nitrogens is 2. The molecule has 1 N–H and O–H groups in total. The van der Waals surface area contributed by atoms with Crippen molar-refractivity contribution in [1.29, 1.82) is 0 Å². The van der Waals surface area contributed by atoms with Crippen molar-refractivity contribution in [2.75, 3.05) is 0 Å². The summed E-state index contributed by atoms with van der Waals surface area (Å²) >= 11 is 3.37. The molecule has 0 saturated carbocycles. The summed E-state index contributed by atoms with van der Waals surface area (Å²) in [5.74, 6) is 0. The first-order valence-electron chi connectivity index (χ1n) is 4.93. The van der Waals surface area contributed by atoms with Crippen LogP contribution in [0.3, 0.4) is 0 Å². The maximum absolute atomic E-state index is 9.95. The Morgan fingerprint density at radius 1 is 1.12 bits per heavy atom. The molecule has 0 fully saturated rings. The minimum atomic E-state index is -0.553. The molecule has 3 nitrogen and oxygen atoms in total. The van der Waals surface area contributed by atoms with Crippen molar-refractivity contribution in [3.8, 4) is 0 Å². The molecule has 82 valence electrons. The van der Waals surface area contributed by atoms with Gasteiger partial charge in [0, 0.05) is 28.9 Å². The lowest BCUT2D eigenvalue weighted by Crippen LogP contribution is -2.02. The van der Waals surface area contributed by atoms with Crippen LogP contribution in [0.15, 0.2) is 47.5 Å². The first-order chi connectivity index (χ1) is 7.75. The monoisotopic (exact) mass is 278 g/mol. The molecule has 2 rings (SSSR count). The van der Waals surface area contributed by atoms with E-state index in [4.69, 9.17) is 0 Å². The molecule has 1 aromatic heterocycles. The highest BCUT2D eigenvalue weighted by atomic mass is 79.9.